The van der Waals surface area contributed by atoms with E-state index in [0.29, 0.717) is 5.88 Å². The molecule has 118 valence electrons. The lowest BCUT2D eigenvalue weighted by Crippen LogP contribution is -1.94. The maximum atomic E-state index is 5.94. The normalized spacial score (nSPS) is 10.9. The van der Waals surface area contributed by atoms with Crippen LogP contribution in [0.2, 0.25) is 0 Å². The molecule has 0 spiro atoms. The molecular formula is C19H16N4O. The Morgan fingerprint density at radius 1 is 0.875 bits per heavy atom. The van der Waals surface area contributed by atoms with Gasteiger partial charge in [0.05, 0.1) is 10.9 Å². The van der Waals surface area contributed by atoms with E-state index in [1.54, 1.807) is 12.5 Å². The monoisotopic (exact) mass is 316 g/mol. The van der Waals surface area contributed by atoms with Gasteiger partial charge in [0, 0.05) is 29.3 Å². The zero-order valence-corrected chi connectivity index (χ0v) is 13.4. The van der Waals surface area contributed by atoms with Gasteiger partial charge in [0.1, 0.15) is 12.1 Å². The van der Waals surface area contributed by atoms with Crippen LogP contribution >= 0.6 is 0 Å². The van der Waals surface area contributed by atoms with E-state index in [0.717, 1.165) is 39.2 Å². The largest absolute Gasteiger partial charge is 0.438 e. The first kappa shape index (κ1) is 14.4. The van der Waals surface area contributed by atoms with Crippen LogP contribution in [-0.4, -0.2) is 19.9 Å². The SMILES string of the molecule is Cc1ncnc(C)c1-c1ccc(Oc2nccc3[nH]ccc23)cc1. The van der Waals surface area contributed by atoms with Gasteiger partial charge in [-0.25, -0.2) is 15.0 Å². The summed E-state index contributed by atoms with van der Waals surface area (Å²) in [7, 11) is 0. The summed E-state index contributed by atoms with van der Waals surface area (Å²) in [5.74, 6) is 1.34. The van der Waals surface area contributed by atoms with Crippen molar-refractivity contribution in [3.8, 4) is 22.8 Å². The molecule has 0 aliphatic carbocycles. The molecular weight excluding hydrogens is 300 g/mol. The number of rotatable bonds is 3. The van der Waals surface area contributed by atoms with Gasteiger partial charge in [-0.1, -0.05) is 12.1 Å². The second kappa shape index (κ2) is 5.77. The Balaban J connectivity index is 1.66. The average Bonchev–Trinajstić information content (AvgIpc) is 3.06. The Hall–Kier alpha value is -3.21. The molecule has 0 saturated carbocycles. The fraction of sp³-hybridized carbons (Fsp3) is 0.105. The number of nitrogens with zero attached hydrogens (tertiary/aromatic N) is 3. The molecule has 5 heteroatoms. The van der Waals surface area contributed by atoms with Gasteiger partial charge in [-0.05, 0) is 43.7 Å². The number of H-pyrrole nitrogens is 1. The molecule has 1 N–H and O–H groups in total. The van der Waals surface area contributed by atoms with Crippen LogP contribution in [0.5, 0.6) is 11.6 Å². The molecule has 0 aliphatic rings. The van der Waals surface area contributed by atoms with Crippen molar-refractivity contribution in [3.63, 3.8) is 0 Å². The van der Waals surface area contributed by atoms with Crippen LogP contribution in [0.4, 0.5) is 0 Å². The van der Waals surface area contributed by atoms with Gasteiger partial charge < -0.3 is 9.72 Å². The highest BCUT2D eigenvalue weighted by atomic mass is 16.5. The molecule has 4 aromatic rings. The summed E-state index contributed by atoms with van der Waals surface area (Å²) >= 11 is 0. The lowest BCUT2D eigenvalue weighted by atomic mass is 10.0. The summed E-state index contributed by atoms with van der Waals surface area (Å²) in [5, 5.41) is 0.963. The van der Waals surface area contributed by atoms with Gasteiger partial charge in [-0.2, -0.15) is 0 Å². The molecule has 3 aromatic heterocycles. The van der Waals surface area contributed by atoms with Crippen molar-refractivity contribution < 1.29 is 4.74 Å². The van der Waals surface area contributed by atoms with Crippen LogP contribution in [0.25, 0.3) is 22.0 Å². The molecule has 0 radical (unpaired) electrons. The van der Waals surface area contributed by atoms with Gasteiger partial charge >= 0.3 is 0 Å². The molecule has 0 atom stereocenters. The standard InChI is InChI=1S/C19H16N4O/c1-12-18(13(2)23-11-22-12)14-3-5-15(6-4-14)24-19-16-7-9-20-17(16)8-10-21-19/h3-11,20H,1-2H3. The highest BCUT2D eigenvalue weighted by Gasteiger charge is 2.09. The Morgan fingerprint density at radius 3 is 2.38 bits per heavy atom. The number of hydrogen-bond acceptors (Lipinski definition) is 4. The smallest absolute Gasteiger partial charge is 0.228 e. The van der Waals surface area contributed by atoms with Gasteiger partial charge in [0.25, 0.3) is 0 Å². The molecule has 24 heavy (non-hydrogen) atoms. The summed E-state index contributed by atoms with van der Waals surface area (Å²) in [6.45, 7) is 3.98. The Morgan fingerprint density at radius 2 is 1.62 bits per heavy atom. The molecule has 0 unspecified atom stereocenters. The summed E-state index contributed by atoms with van der Waals surface area (Å²) in [6, 6.07) is 11.8. The van der Waals surface area contributed by atoms with Crippen LogP contribution in [0.3, 0.4) is 0 Å². The zero-order chi connectivity index (χ0) is 16.5. The van der Waals surface area contributed by atoms with Crippen molar-refractivity contribution in [2.45, 2.75) is 13.8 Å². The van der Waals surface area contributed by atoms with Crippen molar-refractivity contribution in [3.05, 3.63) is 66.5 Å². The molecule has 0 fully saturated rings. The molecule has 1 aromatic carbocycles. The number of aromatic amines is 1. The van der Waals surface area contributed by atoms with Gasteiger partial charge in [0.15, 0.2) is 0 Å². The number of benzene rings is 1. The molecule has 0 bridgehead atoms. The number of pyridine rings is 1. The number of aromatic nitrogens is 4. The Kier molecular flexibility index (Phi) is 3.46. The van der Waals surface area contributed by atoms with Crippen LogP contribution in [0, 0.1) is 13.8 Å². The minimum atomic E-state index is 0.594. The lowest BCUT2D eigenvalue weighted by molar-refractivity contribution is 0.469. The van der Waals surface area contributed by atoms with Gasteiger partial charge in [-0.15, -0.1) is 0 Å². The number of ether oxygens (including phenoxy) is 1. The molecule has 0 aliphatic heterocycles. The average molecular weight is 316 g/mol. The summed E-state index contributed by atoms with van der Waals surface area (Å²) in [6.07, 6.45) is 5.20. The predicted octanol–water partition coefficient (Wildman–Crippen LogP) is 4.43. The first-order chi connectivity index (χ1) is 11.7. The number of nitrogens with one attached hydrogen (secondary N) is 1. The number of aryl methyl sites for hydroxylation is 2. The first-order valence-electron chi connectivity index (χ1n) is 7.71. The van der Waals surface area contributed by atoms with E-state index >= 15 is 0 Å². The van der Waals surface area contributed by atoms with Gasteiger partial charge in [-0.3, -0.25) is 0 Å². The van der Waals surface area contributed by atoms with E-state index in [4.69, 9.17) is 4.74 Å². The third-order valence-electron chi connectivity index (χ3n) is 4.03. The van der Waals surface area contributed by atoms with E-state index in [9.17, 15) is 0 Å². The quantitative estimate of drug-likeness (QED) is 0.607. The first-order valence-corrected chi connectivity index (χ1v) is 7.71. The maximum Gasteiger partial charge on any atom is 0.228 e. The molecule has 0 saturated heterocycles. The third kappa shape index (κ3) is 2.50. The van der Waals surface area contributed by atoms with E-state index in [-0.39, 0.29) is 0 Å². The minimum absolute atomic E-state index is 0.594. The van der Waals surface area contributed by atoms with Gasteiger partial charge in [0.2, 0.25) is 5.88 Å². The van der Waals surface area contributed by atoms with E-state index in [1.165, 1.54) is 0 Å². The molecule has 0 amide bonds. The predicted molar refractivity (Wildman–Crippen MR) is 93.1 cm³/mol. The maximum absolute atomic E-state index is 5.94. The lowest BCUT2D eigenvalue weighted by Gasteiger charge is -2.10. The van der Waals surface area contributed by atoms with Crippen molar-refractivity contribution in [1.29, 1.82) is 0 Å². The van der Waals surface area contributed by atoms with E-state index in [2.05, 4.69) is 19.9 Å². The van der Waals surface area contributed by atoms with Crippen molar-refractivity contribution >= 4 is 10.9 Å². The van der Waals surface area contributed by atoms with Crippen molar-refractivity contribution in [1.82, 2.24) is 19.9 Å². The Labute approximate surface area is 139 Å². The van der Waals surface area contributed by atoms with Crippen LogP contribution in [-0.2, 0) is 0 Å². The molecule has 3 heterocycles. The number of hydrogen-bond donors (Lipinski definition) is 1. The summed E-state index contributed by atoms with van der Waals surface area (Å²) in [4.78, 5) is 16.0. The van der Waals surface area contributed by atoms with Crippen LogP contribution < -0.4 is 4.74 Å². The summed E-state index contributed by atoms with van der Waals surface area (Å²) < 4.78 is 5.94. The van der Waals surface area contributed by atoms with E-state index in [1.807, 2.05) is 56.4 Å². The second-order valence-electron chi connectivity index (χ2n) is 5.60. The topological polar surface area (TPSA) is 63.7 Å². The highest BCUT2D eigenvalue weighted by molar-refractivity contribution is 5.84. The van der Waals surface area contributed by atoms with E-state index < -0.39 is 0 Å². The zero-order valence-electron chi connectivity index (χ0n) is 13.4. The minimum Gasteiger partial charge on any atom is -0.438 e. The number of fused-ring (bicyclic) bond motifs is 1. The fourth-order valence-corrected chi connectivity index (χ4v) is 2.85. The van der Waals surface area contributed by atoms with Crippen molar-refractivity contribution in [2.24, 2.45) is 0 Å². The summed E-state index contributed by atoms with van der Waals surface area (Å²) in [5.41, 5.74) is 5.08. The molecule has 5 nitrogen and oxygen atoms in total. The second-order valence-corrected chi connectivity index (χ2v) is 5.60. The van der Waals surface area contributed by atoms with Crippen LogP contribution in [0.1, 0.15) is 11.4 Å². The highest BCUT2D eigenvalue weighted by Crippen LogP contribution is 2.30. The van der Waals surface area contributed by atoms with Crippen LogP contribution in [0.15, 0.2) is 55.1 Å². The fourth-order valence-electron chi connectivity index (χ4n) is 2.85. The third-order valence-corrected chi connectivity index (χ3v) is 4.03. The molecule has 4 rings (SSSR count). The Bertz CT molecular complexity index is 985. The van der Waals surface area contributed by atoms with Crippen molar-refractivity contribution in [2.75, 3.05) is 0 Å².